The van der Waals surface area contributed by atoms with Gasteiger partial charge in [-0.15, -0.1) is 0 Å². The van der Waals surface area contributed by atoms with Crippen molar-refractivity contribution in [3.63, 3.8) is 0 Å². The van der Waals surface area contributed by atoms with Crippen molar-refractivity contribution in [2.45, 2.75) is 19.3 Å². The van der Waals surface area contributed by atoms with E-state index in [1.165, 1.54) is 0 Å². The standard InChI is InChI=1S/C13H14N2O3S/c14-11(19)13(4-1-5-13)12(16)15-8-2-3-9-10(6-8)18-7-17-9/h2-3,6H,1,4-5,7H2,(H2,14,19)(H,15,16). The Hall–Kier alpha value is -1.82. The van der Waals surface area contributed by atoms with E-state index in [1.807, 2.05) is 0 Å². The lowest BCUT2D eigenvalue weighted by atomic mass is 9.68. The third kappa shape index (κ3) is 1.92. The highest BCUT2D eigenvalue weighted by atomic mass is 32.1. The third-order valence-electron chi connectivity index (χ3n) is 3.74. The normalized spacial score (nSPS) is 18.5. The summed E-state index contributed by atoms with van der Waals surface area (Å²) in [7, 11) is 0. The van der Waals surface area contributed by atoms with E-state index >= 15 is 0 Å². The molecule has 1 aliphatic carbocycles. The minimum absolute atomic E-state index is 0.134. The first-order chi connectivity index (χ1) is 9.12. The number of benzene rings is 1. The van der Waals surface area contributed by atoms with Crippen LogP contribution in [0.25, 0.3) is 0 Å². The highest BCUT2D eigenvalue weighted by molar-refractivity contribution is 7.80. The Morgan fingerprint density at radius 2 is 2.05 bits per heavy atom. The molecule has 0 atom stereocenters. The Kier molecular flexibility index (Phi) is 2.82. The molecule has 0 radical (unpaired) electrons. The Bertz CT molecular complexity index is 555. The zero-order chi connectivity index (χ0) is 13.5. The van der Waals surface area contributed by atoms with Crippen LogP contribution >= 0.6 is 12.2 Å². The van der Waals surface area contributed by atoms with Crippen LogP contribution in [-0.4, -0.2) is 17.7 Å². The maximum absolute atomic E-state index is 12.3. The zero-order valence-corrected chi connectivity index (χ0v) is 11.1. The largest absolute Gasteiger partial charge is 0.454 e. The summed E-state index contributed by atoms with van der Waals surface area (Å²) in [6.45, 7) is 0.212. The van der Waals surface area contributed by atoms with Crippen molar-refractivity contribution in [3.05, 3.63) is 18.2 Å². The number of carbonyl (C=O) groups is 1. The molecule has 1 saturated carbocycles. The van der Waals surface area contributed by atoms with Crippen LogP contribution in [0.15, 0.2) is 18.2 Å². The maximum Gasteiger partial charge on any atom is 0.237 e. The molecule has 5 nitrogen and oxygen atoms in total. The summed E-state index contributed by atoms with van der Waals surface area (Å²) in [4.78, 5) is 12.6. The van der Waals surface area contributed by atoms with Crippen LogP contribution in [0.4, 0.5) is 5.69 Å². The van der Waals surface area contributed by atoms with Crippen LogP contribution in [0.2, 0.25) is 0 Å². The summed E-state index contributed by atoms with van der Waals surface area (Å²) in [5.41, 5.74) is 5.69. The molecule has 1 amide bonds. The molecule has 0 spiro atoms. The van der Waals surface area contributed by atoms with Gasteiger partial charge in [-0.3, -0.25) is 4.79 Å². The number of thiocarbonyl (C=S) groups is 1. The number of amides is 1. The van der Waals surface area contributed by atoms with Crippen LogP contribution < -0.4 is 20.5 Å². The molecule has 1 heterocycles. The molecule has 3 rings (SSSR count). The molecule has 0 aromatic heterocycles. The molecule has 1 fully saturated rings. The Morgan fingerprint density at radius 1 is 1.32 bits per heavy atom. The van der Waals surface area contributed by atoms with Gasteiger partial charge in [0.25, 0.3) is 0 Å². The van der Waals surface area contributed by atoms with Crippen LogP contribution in [-0.2, 0) is 4.79 Å². The van der Waals surface area contributed by atoms with Crippen molar-refractivity contribution in [1.29, 1.82) is 0 Å². The second-order valence-corrected chi connectivity index (χ2v) is 5.26. The Morgan fingerprint density at radius 3 is 2.68 bits per heavy atom. The monoisotopic (exact) mass is 278 g/mol. The average Bonchev–Trinajstić information content (AvgIpc) is 2.73. The molecule has 1 aromatic rings. The third-order valence-corrected chi connectivity index (χ3v) is 4.13. The molecule has 19 heavy (non-hydrogen) atoms. The predicted molar refractivity (Wildman–Crippen MR) is 74.3 cm³/mol. The second-order valence-electron chi connectivity index (χ2n) is 4.82. The lowest BCUT2D eigenvalue weighted by Crippen LogP contribution is -2.50. The van der Waals surface area contributed by atoms with Gasteiger partial charge < -0.3 is 20.5 Å². The molecule has 1 aromatic carbocycles. The van der Waals surface area contributed by atoms with Crippen molar-refractivity contribution < 1.29 is 14.3 Å². The van der Waals surface area contributed by atoms with Gasteiger partial charge in [-0.2, -0.15) is 0 Å². The number of ether oxygens (including phenoxy) is 2. The summed E-state index contributed by atoms with van der Waals surface area (Å²) >= 11 is 5.02. The van der Waals surface area contributed by atoms with Gasteiger partial charge in [-0.25, -0.2) is 0 Å². The zero-order valence-electron chi connectivity index (χ0n) is 10.3. The topological polar surface area (TPSA) is 73.6 Å². The number of rotatable bonds is 3. The van der Waals surface area contributed by atoms with Crippen LogP contribution in [0.5, 0.6) is 11.5 Å². The van der Waals surface area contributed by atoms with Gasteiger partial charge in [0.15, 0.2) is 11.5 Å². The summed E-state index contributed by atoms with van der Waals surface area (Å²) in [6.07, 6.45) is 2.42. The number of nitrogens with two attached hydrogens (primary N) is 1. The van der Waals surface area contributed by atoms with Gasteiger partial charge in [-0.1, -0.05) is 18.6 Å². The fourth-order valence-corrected chi connectivity index (χ4v) is 2.64. The summed E-state index contributed by atoms with van der Waals surface area (Å²) in [6, 6.07) is 5.29. The number of fused-ring (bicyclic) bond motifs is 1. The first-order valence-corrected chi connectivity index (χ1v) is 6.54. The van der Waals surface area contributed by atoms with E-state index in [9.17, 15) is 4.79 Å². The molecule has 6 heteroatoms. The average molecular weight is 278 g/mol. The van der Waals surface area contributed by atoms with Crippen molar-refractivity contribution in [3.8, 4) is 11.5 Å². The minimum Gasteiger partial charge on any atom is -0.454 e. The van der Waals surface area contributed by atoms with Gasteiger partial charge in [0.05, 0.1) is 10.4 Å². The van der Waals surface area contributed by atoms with Crippen molar-refractivity contribution in [2.75, 3.05) is 12.1 Å². The maximum atomic E-state index is 12.3. The first kappa shape index (κ1) is 12.2. The first-order valence-electron chi connectivity index (χ1n) is 6.13. The van der Waals surface area contributed by atoms with Gasteiger partial charge in [0.2, 0.25) is 12.7 Å². The number of nitrogens with one attached hydrogen (secondary N) is 1. The molecular formula is C13H14N2O3S. The van der Waals surface area contributed by atoms with Gasteiger partial charge in [0, 0.05) is 11.8 Å². The van der Waals surface area contributed by atoms with E-state index in [1.54, 1.807) is 18.2 Å². The highest BCUT2D eigenvalue weighted by Crippen LogP contribution is 2.42. The van der Waals surface area contributed by atoms with Crippen LogP contribution in [0.3, 0.4) is 0 Å². The van der Waals surface area contributed by atoms with E-state index in [0.29, 0.717) is 17.2 Å². The molecule has 0 bridgehead atoms. The molecule has 100 valence electrons. The molecule has 0 unspecified atom stereocenters. The molecule has 1 aliphatic heterocycles. The van der Waals surface area contributed by atoms with E-state index < -0.39 is 5.41 Å². The molecule has 0 saturated heterocycles. The minimum atomic E-state index is -0.675. The number of hydrogen-bond donors (Lipinski definition) is 2. The SMILES string of the molecule is NC(=S)C1(C(=O)Nc2ccc3c(c2)OCO3)CCC1. The summed E-state index contributed by atoms with van der Waals surface area (Å²) in [5, 5.41) is 2.85. The predicted octanol–water partition coefficient (Wildman–Crippen LogP) is 1.81. The number of carbonyl (C=O) groups excluding carboxylic acids is 1. The number of anilines is 1. The van der Waals surface area contributed by atoms with Gasteiger partial charge in [0.1, 0.15) is 0 Å². The van der Waals surface area contributed by atoms with Crippen molar-refractivity contribution in [1.82, 2.24) is 0 Å². The van der Waals surface area contributed by atoms with Crippen LogP contribution in [0.1, 0.15) is 19.3 Å². The lowest BCUT2D eigenvalue weighted by molar-refractivity contribution is -0.125. The van der Waals surface area contributed by atoms with E-state index in [4.69, 9.17) is 27.4 Å². The van der Waals surface area contributed by atoms with Crippen molar-refractivity contribution >= 4 is 28.8 Å². The molecular weight excluding hydrogens is 264 g/mol. The van der Waals surface area contributed by atoms with Gasteiger partial charge >= 0.3 is 0 Å². The number of hydrogen-bond acceptors (Lipinski definition) is 4. The van der Waals surface area contributed by atoms with E-state index in [0.717, 1.165) is 19.3 Å². The molecule has 3 N–H and O–H groups in total. The fourth-order valence-electron chi connectivity index (χ4n) is 2.34. The Balaban J connectivity index is 1.78. The molecule has 2 aliphatic rings. The summed E-state index contributed by atoms with van der Waals surface area (Å²) in [5.74, 6) is 1.19. The van der Waals surface area contributed by atoms with Gasteiger partial charge in [-0.05, 0) is 25.0 Å². The Labute approximate surface area is 116 Å². The van der Waals surface area contributed by atoms with Crippen LogP contribution in [0, 0.1) is 5.41 Å². The lowest BCUT2D eigenvalue weighted by Gasteiger charge is -2.39. The highest BCUT2D eigenvalue weighted by Gasteiger charge is 2.46. The smallest absolute Gasteiger partial charge is 0.237 e. The van der Waals surface area contributed by atoms with E-state index in [-0.39, 0.29) is 17.7 Å². The van der Waals surface area contributed by atoms with Crippen molar-refractivity contribution in [2.24, 2.45) is 11.1 Å². The second kappa shape index (κ2) is 4.38. The van der Waals surface area contributed by atoms with E-state index in [2.05, 4.69) is 5.32 Å². The quantitative estimate of drug-likeness (QED) is 0.825. The fraction of sp³-hybridized carbons (Fsp3) is 0.385. The summed E-state index contributed by atoms with van der Waals surface area (Å²) < 4.78 is 10.5.